The first-order valence-electron chi connectivity index (χ1n) is 8.88. The maximum atomic E-state index is 12.8. The van der Waals surface area contributed by atoms with Gasteiger partial charge in [-0.15, -0.1) is 10.2 Å². The first-order chi connectivity index (χ1) is 12.8. The second-order valence-electron chi connectivity index (χ2n) is 6.63. The van der Waals surface area contributed by atoms with Gasteiger partial charge >= 0.3 is 0 Å². The SMILES string of the molecule is CCN(C(=O)[C@@H](C)Sc1nnc(-c2ccccc2C)o1)[C@H]1CCS(=O)(=O)C1. The Morgan fingerprint density at radius 3 is 2.74 bits per heavy atom. The van der Waals surface area contributed by atoms with E-state index in [1.807, 2.05) is 38.1 Å². The monoisotopic (exact) mass is 409 g/mol. The van der Waals surface area contributed by atoms with Crippen LogP contribution in [0.15, 0.2) is 33.9 Å². The van der Waals surface area contributed by atoms with E-state index in [4.69, 9.17) is 4.42 Å². The molecule has 0 saturated carbocycles. The van der Waals surface area contributed by atoms with E-state index in [-0.39, 0.29) is 23.5 Å². The van der Waals surface area contributed by atoms with Crippen molar-refractivity contribution in [3.05, 3.63) is 29.8 Å². The highest BCUT2D eigenvalue weighted by Gasteiger charge is 2.35. The minimum absolute atomic E-state index is 0.0436. The van der Waals surface area contributed by atoms with Crippen LogP contribution in [-0.2, 0) is 14.6 Å². The summed E-state index contributed by atoms with van der Waals surface area (Å²) >= 11 is 1.19. The summed E-state index contributed by atoms with van der Waals surface area (Å²) < 4.78 is 29.2. The van der Waals surface area contributed by atoms with Crippen molar-refractivity contribution in [2.75, 3.05) is 18.1 Å². The fourth-order valence-electron chi connectivity index (χ4n) is 3.23. The van der Waals surface area contributed by atoms with Gasteiger partial charge in [0.05, 0.1) is 16.8 Å². The summed E-state index contributed by atoms with van der Waals surface area (Å²) in [6.07, 6.45) is 0.497. The molecule has 1 aromatic heterocycles. The van der Waals surface area contributed by atoms with Crippen LogP contribution in [0.2, 0.25) is 0 Å². The average molecular weight is 410 g/mol. The third kappa shape index (κ3) is 4.52. The van der Waals surface area contributed by atoms with Crippen molar-refractivity contribution in [1.29, 1.82) is 0 Å². The molecule has 1 aliphatic heterocycles. The van der Waals surface area contributed by atoms with Gasteiger partial charge in [0.1, 0.15) is 0 Å². The molecular weight excluding hydrogens is 386 g/mol. The van der Waals surface area contributed by atoms with E-state index in [2.05, 4.69) is 10.2 Å². The zero-order valence-corrected chi connectivity index (χ0v) is 17.2. The minimum atomic E-state index is -3.04. The number of thioether (sulfide) groups is 1. The van der Waals surface area contributed by atoms with E-state index in [1.165, 1.54) is 11.8 Å². The van der Waals surface area contributed by atoms with Crippen molar-refractivity contribution in [2.45, 2.75) is 43.7 Å². The van der Waals surface area contributed by atoms with Crippen LogP contribution in [0.5, 0.6) is 0 Å². The fraction of sp³-hybridized carbons (Fsp3) is 0.500. The molecule has 0 N–H and O–H groups in total. The number of rotatable bonds is 6. The molecule has 1 saturated heterocycles. The number of benzene rings is 1. The van der Waals surface area contributed by atoms with Crippen molar-refractivity contribution in [1.82, 2.24) is 15.1 Å². The average Bonchev–Trinajstić information content (AvgIpc) is 3.22. The van der Waals surface area contributed by atoms with Gasteiger partial charge in [0.25, 0.3) is 5.22 Å². The van der Waals surface area contributed by atoms with Gasteiger partial charge in [-0.2, -0.15) is 0 Å². The van der Waals surface area contributed by atoms with Gasteiger partial charge in [0, 0.05) is 18.2 Å². The minimum Gasteiger partial charge on any atom is -0.411 e. The lowest BCUT2D eigenvalue weighted by atomic mass is 10.1. The molecule has 2 atom stereocenters. The third-order valence-corrected chi connectivity index (χ3v) is 7.35. The lowest BCUT2D eigenvalue weighted by molar-refractivity contribution is -0.131. The highest BCUT2D eigenvalue weighted by molar-refractivity contribution is 8.00. The van der Waals surface area contributed by atoms with Gasteiger partial charge in [0.15, 0.2) is 9.84 Å². The fourth-order valence-corrected chi connectivity index (χ4v) is 5.71. The zero-order chi connectivity index (χ0) is 19.6. The summed E-state index contributed by atoms with van der Waals surface area (Å²) in [7, 11) is -3.04. The number of carbonyl (C=O) groups is 1. The third-order valence-electron chi connectivity index (χ3n) is 4.68. The van der Waals surface area contributed by atoms with E-state index in [0.29, 0.717) is 24.1 Å². The number of hydrogen-bond acceptors (Lipinski definition) is 7. The maximum Gasteiger partial charge on any atom is 0.277 e. The number of hydrogen-bond donors (Lipinski definition) is 0. The smallest absolute Gasteiger partial charge is 0.277 e. The van der Waals surface area contributed by atoms with Gasteiger partial charge in [0.2, 0.25) is 11.8 Å². The molecule has 7 nitrogen and oxygen atoms in total. The van der Waals surface area contributed by atoms with Crippen LogP contribution in [0.3, 0.4) is 0 Å². The van der Waals surface area contributed by atoms with E-state index in [1.54, 1.807) is 11.8 Å². The molecule has 1 aliphatic rings. The van der Waals surface area contributed by atoms with Gasteiger partial charge in [-0.05, 0) is 38.8 Å². The molecule has 0 bridgehead atoms. The predicted octanol–water partition coefficient (Wildman–Crippen LogP) is 2.56. The van der Waals surface area contributed by atoms with Crippen LogP contribution in [0.25, 0.3) is 11.5 Å². The summed E-state index contributed by atoms with van der Waals surface area (Å²) in [5.41, 5.74) is 1.89. The number of aromatic nitrogens is 2. The number of carbonyl (C=O) groups excluding carboxylic acids is 1. The molecule has 0 spiro atoms. The number of sulfone groups is 1. The second-order valence-corrected chi connectivity index (χ2v) is 10.2. The molecule has 9 heteroatoms. The Bertz CT molecular complexity index is 926. The first-order valence-corrected chi connectivity index (χ1v) is 11.6. The van der Waals surface area contributed by atoms with Crippen LogP contribution in [0.1, 0.15) is 25.8 Å². The Morgan fingerprint density at radius 1 is 1.37 bits per heavy atom. The molecule has 0 aliphatic carbocycles. The Hall–Kier alpha value is -1.87. The molecular formula is C18H23N3O4S2. The Balaban J connectivity index is 1.69. The molecule has 0 unspecified atom stereocenters. The van der Waals surface area contributed by atoms with Gasteiger partial charge in [-0.25, -0.2) is 8.42 Å². The van der Waals surface area contributed by atoms with Gasteiger partial charge in [-0.3, -0.25) is 4.79 Å². The van der Waals surface area contributed by atoms with Crippen molar-refractivity contribution >= 4 is 27.5 Å². The standard InChI is InChI=1S/C18H23N3O4S2/c1-4-21(14-9-10-27(23,24)11-14)17(22)13(3)26-18-20-19-16(25-18)15-8-6-5-7-12(15)2/h5-8,13-14H,4,9-11H2,1-3H3/t13-,14+/m1/s1. The van der Waals surface area contributed by atoms with Crippen LogP contribution in [0, 0.1) is 6.92 Å². The topological polar surface area (TPSA) is 93.4 Å². The van der Waals surface area contributed by atoms with Crippen molar-refractivity contribution < 1.29 is 17.6 Å². The van der Waals surface area contributed by atoms with Crippen LogP contribution in [0.4, 0.5) is 0 Å². The number of aryl methyl sites for hydroxylation is 1. The molecule has 1 amide bonds. The number of nitrogens with zero attached hydrogens (tertiary/aromatic N) is 3. The highest BCUT2D eigenvalue weighted by atomic mass is 32.2. The lowest BCUT2D eigenvalue weighted by Crippen LogP contribution is -2.44. The van der Waals surface area contributed by atoms with Crippen molar-refractivity contribution in [3.8, 4) is 11.5 Å². The molecule has 3 rings (SSSR count). The molecule has 2 aromatic rings. The molecule has 0 radical (unpaired) electrons. The van der Waals surface area contributed by atoms with Gasteiger partial charge < -0.3 is 9.32 Å². The van der Waals surface area contributed by atoms with Crippen LogP contribution >= 0.6 is 11.8 Å². The quantitative estimate of drug-likeness (QED) is 0.677. The maximum absolute atomic E-state index is 12.8. The largest absolute Gasteiger partial charge is 0.411 e. The van der Waals surface area contributed by atoms with Crippen molar-refractivity contribution in [2.24, 2.45) is 0 Å². The van der Waals surface area contributed by atoms with E-state index < -0.39 is 15.1 Å². The second kappa shape index (κ2) is 8.02. The predicted molar refractivity (Wildman–Crippen MR) is 104 cm³/mol. The van der Waals surface area contributed by atoms with E-state index in [9.17, 15) is 13.2 Å². The van der Waals surface area contributed by atoms with Crippen LogP contribution < -0.4 is 0 Å². The summed E-state index contributed by atoms with van der Waals surface area (Å²) in [5.74, 6) is 0.499. The summed E-state index contributed by atoms with van der Waals surface area (Å²) in [6.45, 7) is 6.08. The summed E-state index contributed by atoms with van der Waals surface area (Å²) in [4.78, 5) is 14.5. The highest BCUT2D eigenvalue weighted by Crippen LogP contribution is 2.29. The lowest BCUT2D eigenvalue weighted by Gasteiger charge is -2.28. The van der Waals surface area contributed by atoms with E-state index >= 15 is 0 Å². The van der Waals surface area contributed by atoms with E-state index in [0.717, 1.165) is 11.1 Å². The summed E-state index contributed by atoms with van der Waals surface area (Å²) in [5, 5.41) is 8.00. The molecule has 146 valence electrons. The van der Waals surface area contributed by atoms with Crippen molar-refractivity contribution in [3.63, 3.8) is 0 Å². The zero-order valence-electron chi connectivity index (χ0n) is 15.6. The molecule has 1 fully saturated rings. The molecule has 27 heavy (non-hydrogen) atoms. The van der Waals surface area contributed by atoms with Gasteiger partial charge in [-0.1, -0.05) is 30.0 Å². The Morgan fingerprint density at radius 2 is 2.11 bits per heavy atom. The summed E-state index contributed by atoms with van der Waals surface area (Å²) in [6, 6.07) is 7.47. The molecule has 1 aromatic carbocycles. The normalized spacial score (nSPS) is 19.7. The first kappa shape index (κ1) is 19.9. The Kier molecular flexibility index (Phi) is 5.90. The Labute approximate surface area is 163 Å². The molecule has 2 heterocycles. The number of amides is 1. The van der Waals surface area contributed by atoms with Crippen LogP contribution in [-0.4, -0.2) is 58.8 Å².